The van der Waals surface area contributed by atoms with Gasteiger partial charge in [0.2, 0.25) is 5.91 Å². The molecule has 2 amide bonds. The minimum Gasteiger partial charge on any atom is -0.343 e. The van der Waals surface area contributed by atoms with E-state index in [4.69, 9.17) is 0 Å². The Labute approximate surface area is 137 Å². The Morgan fingerprint density at radius 1 is 1.04 bits per heavy atom. The van der Waals surface area contributed by atoms with Crippen LogP contribution in [0.4, 0.5) is 10.1 Å². The molecule has 2 aromatic carbocycles. The zero-order valence-corrected chi connectivity index (χ0v) is 12.6. The second kappa shape index (κ2) is 6.87. The molecule has 120 valence electrons. The van der Waals surface area contributed by atoms with Crippen LogP contribution in [0.25, 0.3) is 10.9 Å². The summed E-state index contributed by atoms with van der Waals surface area (Å²) in [5, 5.41) is 5.97. The second-order valence-corrected chi connectivity index (χ2v) is 5.12. The van der Waals surface area contributed by atoms with Crippen LogP contribution in [-0.4, -0.2) is 23.3 Å². The molecule has 0 spiro atoms. The van der Waals surface area contributed by atoms with Crippen molar-refractivity contribution in [1.82, 2.24) is 10.3 Å². The molecular formula is C18H14FN3O2. The Morgan fingerprint density at radius 2 is 1.88 bits per heavy atom. The number of aromatic nitrogens is 1. The summed E-state index contributed by atoms with van der Waals surface area (Å²) in [5.41, 5.74) is 1.33. The van der Waals surface area contributed by atoms with Gasteiger partial charge in [0.05, 0.1) is 17.6 Å². The van der Waals surface area contributed by atoms with Gasteiger partial charge in [-0.2, -0.15) is 0 Å². The third kappa shape index (κ3) is 3.55. The van der Waals surface area contributed by atoms with Gasteiger partial charge in [0, 0.05) is 17.3 Å². The molecule has 0 fully saturated rings. The summed E-state index contributed by atoms with van der Waals surface area (Å²) in [6.07, 6.45) is 1.69. The number of carbonyl (C=O) groups is 2. The van der Waals surface area contributed by atoms with E-state index in [2.05, 4.69) is 15.6 Å². The predicted octanol–water partition coefficient (Wildman–Crippen LogP) is 2.74. The molecule has 3 aromatic rings. The minimum atomic E-state index is -0.633. The fourth-order valence-corrected chi connectivity index (χ4v) is 2.26. The number of carbonyl (C=O) groups excluding carboxylic acids is 2. The molecule has 0 saturated carbocycles. The molecule has 0 aliphatic heterocycles. The van der Waals surface area contributed by atoms with Crippen molar-refractivity contribution in [3.05, 3.63) is 72.2 Å². The molecule has 1 heterocycles. The van der Waals surface area contributed by atoms with Crippen molar-refractivity contribution in [1.29, 1.82) is 0 Å². The molecular weight excluding hydrogens is 309 g/mol. The number of nitrogens with one attached hydrogen (secondary N) is 2. The van der Waals surface area contributed by atoms with Gasteiger partial charge in [-0.15, -0.1) is 0 Å². The zero-order valence-electron chi connectivity index (χ0n) is 12.6. The van der Waals surface area contributed by atoms with E-state index in [0.717, 1.165) is 10.9 Å². The van der Waals surface area contributed by atoms with Crippen LogP contribution in [0, 0.1) is 5.82 Å². The monoisotopic (exact) mass is 323 g/mol. The Bertz CT molecular complexity index is 911. The van der Waals surface area contributed by atoms with E-state index in [1.807, 2.05) is 12.1 Å². The van der Waals surface area contributed by atoms with Crippen LogP contribution >= 0.6 is 0 Å². The normalized spacial score (nSPS) is 10.4. The van der Waals surface area contributed by atoms with E-state index in [-0.39, 0.29) is 12.1 Å². The third-order valence-electron chi connectivity index (χ3n) is 3.41. The van der Waals surface area contributed by atoms with Crippen LogP contribution < -0.4 is 10.6 Å². The highest BCUT2D eigenvalue weighted by Gasteiger charge is 2.12. The fourth-order valence-electron chi connectivity index (χ4n) is 2.26. The Hall–Kier alpha value is -3.28. The van der Waals surface area contributed by atoms with Gasteiger partial charge in [-0.05, 0) is 36.4 Å². The quantitative estimate of drug-likeness (QED) is 0.775. The molecule has 1 aromatic heterocycles. The third-order valence-corrected chi connectivity index (χ3v) is 3.41. The Kier molecular flexibility index (Phi) is 4.47. The van der Waals surface area contributed by atoms with Crippen LogP contribution in [-0.2, 0) is 4.79 Å². The lowest BCUT2D eigenvalue weighted by molar-refractivity contribution is -0.115. The van der Waals surface area contributed by atoms with Crippen molar-refractivity contribution in [2.24, 2.45) is 0 Å². The summed E-state index contributed by atoms with van der Waals surface area (Å²) < 4.78 is 13.5. The number of anilines is 1. The van der Waals surface area contributed by atoms with Gasteiger partial charge >= 0.3 is 0 Å². The molecule has 0 atom stereocenters. The largest absolute Gasteiger partial charge is 0.343 e. The van der Waals surface area contributed by atoms with Gasteiger partial charge in [0.1, 0.15) is 5.82 Å². The maximum absolute atomic E-state index is 13.5. The summed E-state index contributed by atoms with van der Waals surface area (Å²) in [5.74, 6) is -1.66. The van der Waals surface area contributed by atoms with Crippen molar-refractivity contribution in [2.75, 3.05) is 11.9 Å². The van der Waals surface area contributed by atoms with E-state index in [9.17, 15) is 14.0 Å². The number of rotatable bonds is 4. The number of pyridine rings is 1. The van der Waals surface area contributed by atoms with Crippen LogP contribution in [0.5, 0.6) is 0 Å². The number of hydrogen-bond donors (Lipinski definition) is 2. The number of hydrogen-bond acceptors (Lipinski definition) is 3. The summed E-state index contributed by atoms with van der Waals surface area (Å²) in [6.45, 7) is -0.252. The highest BCUT2D eigenvalue weighted by atomic mass is 19.1. The number of benzene rings is 2. The van der Waals surface area contributed by atoms with Gasteiger partial charge in [-0.25, -0.2) is 4.39 Å². The average molecular weight is 323 g/mol. The number of halogens is 1. The van der Waals surface area contributed by atoms with Crippen molar-refractivity contribution < 1.29 is 14.0 Å². The van der Waals surface area contributed by atoms with Crippen molar-refractivity contribution >= 4 is 28.4 Å². The zero-order chi connectivity index (χ0) is 16.9. The van der Waals surface area contributed by atoms with Gasteiger partial charge in [0.15, 0.2) is 0 Å². The first-order valence-electron chi connectivity index (χ1n) is 7.31. The molecule has 24 heavy (non-hydrogen) atoms. The van der Waals surface area contributed by atoms with Crippen LogP contribution in [0.1, 0.15) is 10.4 Å². The molecule has 0 aliphatic carbocycles. The molecule has 6 heteroatoms. The lowest BCUT2D eigenvalue weighted by atomic mass is 10.2. The van der Waals surface area contributed by atoms with E-state index >= 15 is 0 Å². The second-order valence-electron chi connectivity index (χ2n) is 5.12. The van der Waals surface area contributed by atoms with Crippen LogP contribution in [0.15, 0.2) is 60.8 Å². The lowest BCUT2D eigenvalue weighted by Crippen LogP contribution is -2.33. The van der Waals surface area contributed by atoms with Gasteiger partial charge in [0.25, 0.3) is 5.91 Å². The number of nitrogens with zero attached hydrogens (tertiary/aromatic N) is 1. The lowest BCUT2D eigenvalue weighted by Gasteiger charge is -2.08. The van der Waals surface area contributed by atoms with Gasteiger partial charge in [-0.1, -0.05) is 18.2 Å². The van der Waals surface area contributed by atoms with Crippen LogP contribution in [0.2, 0.25) is 0 Å². The van der Waals surface area contributed by atoms with E-state index in [1.54, 1.807) is 30.5 Å². The fraction of sp³-hybridized carbons (Fsp3) is 0.0556. The van der Waals surface area contributed by atoms with E-state index in [1.165, 1.54) is 18.2 Å². The minimum absolute atomic E-state index is 0.0953. The maximum atomic E-state index is 13.5. The summed E-state index contributed by atoms with van der Waals surface area (Å²) >= 11 is 0. The molecule has 0 aliphatic rings. The maximum Gasteiger partial charge on any atom is 0.254 e. The first-order chi connectivity index (χ1) is 11.6. The summed E-state index contributed by atoms with van der Waals surface area (Å²) in [4.78, 5) is 28.0. The van der Waals surface area contributed by atoms with Crippen molar-refractivity contribution in [2.45, 2.75) is 0 Å². The molecule has 0 bridgehead atoms. The highest BCUT2D eigenvalue weighted by Crippen LogP contribution is 2.16. The number of amides is 2. The SMILES string of the molecule is O=C(CNC(=O)c1ccccc1F)Nc1ccc2ncccc2c1. The Morgan fingerprint density at radius 3 is 2.71 bits per heavy atom. The molecule has 0 saturated heterocycles. The first kappa shape index (κ1) is 15.6. The molecule has 0 radical (unpaired) electrons. The molecule has 2 N–H and O–H groups in total. The predicted molar refractivity (Wildman–Crippen MR) is 89.1 cm³/mol. The van der Waals surface area contributed by atoms with Crippen LogP contribution in [0.3, 0.4) is 0 Å². The van der Waals surface area contributed by atoms with Crippen molar-refractivity contribution in [3.8, 4) is 0 Å². The van der Waals surface area contributed by atoms with Crippen molar-refractivity contribution in [3.63, 3.8) is 0 Å². The standard InChI is InChI=1S/C18H14FN3O2/c19-15-6-2-1-5-14(15)18(24)21-11-17(23)22-13-7-8-16-12(10-13)4-3-9-20-16/h1-10H,11H2,(H,21,24)(H,22,23). The van der Waals surface area contributed by atoms with E-state index in [0.29, 0.717) is 5.69 Å². The summed E-state index contributed by atoms with van der Waals surface area (Å²) in [7, 11) is 0. The van der Waals surface area contributed by atoms with Gasteiger partial charge < -0.3 is 10.6 Å². The molecule has 3 rings (SSSR count). The average Bonchev–Trinajstić information content (AvgIpc) is 2.60. The highest BCUT2D eigenvalue weighted by molar-refractivity contribution is 6.00. The smallest absolute Gasteiger partial charge is 0.254 e. The number of fused-ring (bicyclic) bond motifs is 1. The topological polar surface area (TPSA) is 71.1 Å². The molecule has 5 nitrogen and oxygen atoms in total. The Balaban J connectivity index is 1.61. The first-order valence-corrected chi connectivity index (χ1v) is 7.31. The molecule has 0 unspecified atom stereocenters. The summed E-state index contributed by atoms with van der Waals surface area (Å²) in [6, 6.07) is 14.6. The van der Waals surface area contributed by atoms with E-state index < -0.39 is 17.6 Å². The van der Waals surface area contributed by atoms with Gasteiger partial charge in [-0.3, -0.25) is 14.6 Å².